The van der Waals surface area contributed by atoms with Gasteiger partial charge in [0, 0.05) is 6.54 Å². The summed E-state index contributed by atoms with van der Waals surface area (Å²) in [5.74, 6) is 0.200. The summed E-state index contributed by atoms with van der Waals surface area (Å²) in [5.41, 5.74) is 1.03. The number of rotatable bonds is 6. The zero-order valence-electron chi connectivity index (χ0n) is 11.5. The number of anilines is 1. The van der Waals surface area contributed by atoms with Crippen molar-refractivity contribution < 1.29 is 9.53 Å². The molecule has 2 rings (SSSR count). The van der Waals surface area contributed by atoms with Gasteiger partial charge in [0.1, 0.15) is 5.02 Å². The van der Waals surface area contributed by atoms with Gasteiger partial charge in [0.05, 0.1) is 19.9 Å². The van der Waals surface area contributed by atoms with Gasteiger partial charge in [0.2, 0.25) is 5.91 Å². The number of benzene rings is 1. The number of nitrogens with zero attached hydrogens (tertiary/aromatic N) is 2. The lowest BCUT2D eigenvalue weighted by atomic mass is 10.2. The molecule has 0 bridgehead atoms. The lowest BCUT2D eigenvalue weighted by Crippen LogP contribution is -2.29. The summed E-state index contributed by atoms with van der Waals surface area (Å²) < 4.78 is 4.90. The maximum absolute atomic E-state index is 11.8. The van der Waals surface area contributed by atoms with Crippen LogP contribution in [0, 0.1) is 0 Å². The van der Waals surface area contributed by atoms with Gasteiger partial charge in [-0.3, -0.25) is 4.79 Å². The summed E-state index contributed by atoms with van der Waals surface area (Å²) in [6.45, 7) is 0.537. The van der Waals surface area contributed by atoms with Crippen molar-refractivity contribution in [2.24, 2.45) is 0 Å². The summed E-state index contributed by atoms with van der Waals surface area (Å²) in [7, 11) is 1.46. The molecule has 1 aromatic carbocycles. The molecule has 0 saturated heterocycles. The largest absolute Gasteiger partial charge is 0.467 e. The van der Waals surface area contributed by atoms with E-state index in [1.54, 1.807) is 0 Å². The van der Waals surface area contributed by atoms with Crippen molar-refractivity contribution in [1.29, 1.82) is 0 Å². The van der Waals surface area contributed by atoms with E-state index in [0.717, 1.165) is 5.56 Å². The number of amides is 1. The van der Waals surface area contributed by atoms with Gasteiger partial charge >= 0.3 is 6.01 Å². The van der Waals surface area contributed by atoms with Crippen LogP contribution >= 0.6 is 11.6 Å². The Balaban J connectivity index is 1.84. The molecule has 0 saturated carbocycles. The third-order valence-corrected chi connectivity index (χ3v) is 2.93. The Bertz CT molecular complexity index is 607. The molecule has 0 aliphatic heterocycles. The minimum atomic E-state index is -0.160. The molecule has 0 fully saturated rings. The van der Waals surface area contributed by atoms with E-state index in [4.69, 9.17) is 16.3 Å². The van der Waals surface area contributed by atoms with Crippen molar-refractivity contribution in [3.05, 3.63) is 47.1 Å². The average Bonchev–Trinajstić information content (AvgIpc) is 2.53. The average molecular weight is 307 g/mol. The van der Waals surface area contributed by atoms with Crippen LogP contribution < -0.4 is 15.4 Å². The summed E-state index contributed by atoms with van der Waals surface area (Å²) >= 11 is 5.93. The summed E-state index contributed by atoms with van der Waals surface area (Å²) in [6, 6.07) is 9.85. The smallest absolute Gasteiger partial charge is 0.318 e. The van der Waals surface area contributed by atoms with Crippen LogP contribution in [-0.4, -0.2) is 29.5 Å². The minimum absolute atomic E-state index is 0.0622. The van der Waals surface area contributed by atoms with Crippen molar-refractivity contribution >= 4 is 23.3 Å². The van der Waals surface area contributed by atoms with E-state index < -0.39 is 0 Å². The van der Waals surface area contributed by atoms with Gasteiger partial charge in [0.15, 0.2) is 5.82 Å². The number of aromatic nitrogens is 2. The molecule has 0 aliphatic rings. The molecule has 110 valence electrons. The Morgan fingerprint density at radius 1 is 1.33 bits per heavy atom. The molecule has 2 aromatic rings. The van der Waals surface area contributed by atoms with Crippen LogP contribution in [0.5, 0.6) is 6.01 Å². The van der Waals surface area contributed by atoms with E-state index in [1.807, 2.05) is 30.3 Å². The maximum atomic E-state index is 11.8. The lowest BCUT2D eigenvalue weighted by molar-refractivity contribution is -0.119. The van der Waals surface area contributed by atoms with Gasteiger partial charge in [-0.15, -0.1) is 0 Å². The molecule has 2 N–H and O–H groups in total. The third kappa shape index (κ3) is 4.61. The van der Waals surface area contributed by atoms with Gasteiger partial charge in [-0.2, -0.15) is 4.98 Å². The Kier molecular flexibility index (Phi) is 5.34. The molecule has 0 atom stereocenters. The van der Waals surface area contributed by atoms with Crippen LogP contribution in [0.1, 0.15) is 5.56 Å². The molecular weight excluding hydrogens is 292 g/mol. The standard InChI is InChI=1S/C14H15ClN4O2/c1-21-14-18-8-11(15)13(19-14)17-9-12(20)16-7-10-5-3-2-4-6-10/h2-6,8H,7,9H2,1H3,(H,16,20)(H,17,18,19). The fourth-order valence-corrected chi connectivity index (χ4v) is 1.75. The maximum Gasteiger partial charge on any atom is 0.318 e. The second kappa shape index (κ2) is 7.44. The van der Waals surface area contributed by atoms with E-state index in [-0.39, 0.29) is 18.5 Å². The Morgan fingerprint density at radius 2 is 2.10 bits per heavy atom. The summed E-state index contributed by atoms with van der Waals surface area (Å²) in [5, 5.41) is 5.97. The Labute approximate surface area is 127 Å². The van der Waals surface area contributed by atoms with Crippen molar-refractivity contribution in [2.45, 2.75) is 6.54 Å². The first-order valence-corrected chi connectivity index (χ1v) is 6.68. The number of nitrogens with one attached hydrogen (secondary N) is 2. The molecule has 7 heteroatoms. The molecule has 6 nitrogen and oxygen atoms in total. The number of hydrogen-bond donors (Lipinski definition) is 2. The first kappa shape index (κ1) is 15.1. The predicted molar refractivity (Wildman–Crippen MR) is 80.4 cm³/mol. The molecule has 0 radical (unpaired) electrons. The predicted octanol–water partition coefficient (Wildman–Crippen LogP) is 1.87. The van der Waals surface area contributed by atoms with E-state index >= 15 is 0 Å². The highest BCUT2D eigenvalue weighted by Gasteiger charge is 2.07. The molecule has 1 amide bonds. The number of carbonyl (C=O) groups is 1. The zero-order chi connectivity index (χ0) is 15.1. The van der Waals surface area contributed by atoms with Gasteiger partial charge in [0.25, 0.3) is 0 Å². The van der Waals surface area contributed by atoms with Crippen LogP contribution in [0.3, 0.4) is 0 Å². The van der Waals surface area contributed by atoms with Crippen LogP contribution in [0.15, 0.2) is 36.5 Å². The molecule has 0 unspecified atom stereocenters. The van der Waals surface area contributed by atoms with E-state index in [9.17, 15) is 4.79 Å². The van der Waals surface area contributed by atoms with Crippen LogP contribution in [0.2, 0.25) is 5.02 Å². The number of hydrogen-bond acceptors (Lipinski definition) is 5. The van der Waals surface area contributed by atoms with Gasteiger partial charge in [-0.05, 0) is 5.56 Å². The molecule has 0 aliphatic carbocycles. The van der Waals surface area contributed by atoms with Crippen LogP contribution in [0.4, 0.5) is 5.82 Å². The number of carbonyl (C=O) groups excluding carboxylic acids is 1. The van der Waals surface area contributed by atoms with E-state index in [0.29, 0.717) is 17.4 Å². The van der Waals surface area contributed by atoms with Crippen LogP contribution in [-0.2, 0) is 11.3 Å². The fourth-order valence-electron chi connectivity index (χ4n) is 1.60. The monoisotopic (exact) mass is 306 g/mol. The molecule has 1 heterocycles. The highest BCUT2D eigenvalue weighted by Crippen LogP contribution is 2.19. The first-order chi connectivity index (χ1) is 10.2. The van der Waals surface area contributed by atoms with E-state index in [2.05, 4.69) is 20.6 Å². The SMILES string of the molecule is COc1ncc(Cl)c(NCC(=O)NCc2ccccc2)n1. The Hall–Kier alpha value is -2.34. The topological polar surface area (TPSA) is 76.1 Å². The lowest BCUT2D eigenvalue weighted by Gasteiger charge is -2.09. The second-order valence-corrected chi connectivity index (χ2v) is 4.58. The number of halogens is 1. The van der Waals surface area contributed by atoms with Crippen molar-refractivity contribution in [1.82, 2.24) is 15.3 Å². The van der Waals surface area contributed by atoms with Gasteiger partial charge < -0.3 is 15.4 Å². The van der Waals surface area contributed by atoms with Crippen molar-refractivity contribution in [2.75, 3.05) is 19.0 Å². The van der Waals surface area contributed by atoms with Crippen LogP contribution in [0.25, 0.3) is 0 Å². The molecule has 21 heavy (non-hydrogen) atoms. The first-order valence-electron chi connectivity index (χ1n) is 6.30. The third-order valence-electron chi connectivity index (χ3n) is 2.65. The minimum Gasteiger partial charge on any atom is -0.467 e. The highest BCUT2D eigenvalue weighted by atomic mass is 35.5. The fraction of sp³-hybridized carbons (Fsp3) is 0.214. The highest BCUT2D eigenvalue weighted by molar-refractivity contribution is 6.32. The summed E-state index contributed by atoms with van der Waals surface area (Å²) in [4.78, 5) is 19.6. The van der Waals surface area contributed by atoms with Gasteiger partial charge in [-0.25, -0.2) is 4.98 Å². The zero-order valence-corrected chi connectivity index (χ0v) is 12.2. The molecule has 1 aromatic heterocycles. The number of methoxy groups -OCH3 is 1. The second-order valence-electron chi connectivity index (χ2n) is 4.17. The number of ether oxygens (including phenoxy) is 1. The summed E-state index contributed by atoms with van der Waals surface area (Å²) in [6.07, 6.45) is 1.41. The quantitative estimate of drug-likeness (QED) is 0.852. The molecular formula is C14H15ClN4O2. The van der Waals surface area contributed by atoms with E-state index in [1.165, 1.54) is 13.3 Å². The van der Waals surface area contributed by atoms with Crippen molar-refractivity contribution in [3.63, 3.8) is 0 Å². The van der Waals surface area contributed by atoms with Crippen molar-refractivity contribution in [3.8, 4) is 6.01 Å². The Morgan fingerprint density at radius 3 is 2.81 bits per heavy atom. The van der Waals surface area contributed by atoms with Gasteiger partial charge in [-0.1, -0.05) is 41.9 Å². The normalized spacial score (nSPS) is 10.0. The molecule has 0 spiro atoms.